The number of thiophene rings is 1. The van der Waals surface area contributed by atoms with Crippen LogP contribution >= 0.6 is 11.3 Å². The number of ketones is 1. The van der Waals surface area contributed by atoms with Crippen LogP contribution in [0.3, 0.4) is 0 Å². The van der Waals surface area contributed by atoms with Gasteiger partial charge in [0.15, 0.2) is 11.5 Å². The number of Topliss-reactive ketones (excluding diaryl/α,β-unsaturated/α-hetero) is 1. The summed E-state index contributed by atoms with van der Waals surface area (Å²) in [4.78, 5) is 36.4. The summed E-state index contributed by atoms with van der Waals surface area (Å²) in [5, 5.41) is 13.3. The van der Waals surface area contributed by atoms with Gasteiger partial charge in [-0.15, -0.1) is 11.3 Å². The monoisotopic (exact) mass is 521 g/mol. The molecule has 0 aliphatic carbocycles. The lowest BCUT2D eigenvalue weighted by molar-refractivity contribution is -0.132. The molecule has 4 aromatic rings. The SMILES string of the molecule is COc1ccc(OC)c(/C(O)=C2\C(=O)C(=O)N(c3nc4cc(OC)c(OC)cc4[nH]3)C2c2cccs2)c1. The molecule has 5 rings (SSSR count). The molecule has 37 heavy (non-hydrogen) atoms. The largest absolute Gasteiger partial charge is 0.507 e. The Kier molecular flexibility index (Phi) is 6.22. The number of nitrogens with zero attached hydrogens (tertiary/aromatic N) is 2. The smallest absolute Gasteiger partial charge is 0.302 e. The number of imidazole rings is 1. The zero-order valence-electron chi connectivity index (χ0n) is 20.4. The number of benzene rings is 2. The van der Waals surface area contributed by atoms with E-state index in [1.54, 1.807) is 42.5 Å². The number of aliphatic hydroxyl groups is 1. The van der Waals surface area contributed by atoms with Gasteiger partial charge in [0.05, 0.1) is 50.6 Å². The second kappa shape index (κ2) is 9.51. The van der Waals surface area contributed by atoms with Crippen LogP contribution in [0, 0.1) is 0 Å². The average molecular weight is 522 g/mol. The summed E-state index contributed by atoms with van der Waals surface area (Å²) < 4.78 is 21.4. The van der Waals surface area contributed by atoms with Crippen molar-refractivity contribution in [2.45, 2.75) is 6.04 Å². The van der Waals surface area contributed by atoms with E-state index in [1.165, 1.54) is 44.7 Å². The highest BCUT2D eigenvalue weighted by molar-refractivity contribution is 7.10. The highest BCUT2D eigenvalue weighted by atomic mass is 32.1. The summed E-state index contributed by atoms with van der Waals surface area (Å²) in [5.41, 5.74) is 1.22. The third-order valence-corrected chi connectivity index (χ3v) is 7.05. The zero-order valence-corrected chi connectivity index (χ0v) is 21.2. The van der Waals surface area contributed by atoms with Gasteiger partial charge < -0.3 is 29.0 Å². The molecule has 1 fully saturated rings. The normalized spacial score (nSPS) is 16.9. The Balaban J connectivity index is 1.72. The molecule has 3 heterocycles. The number of rotatable bonds is 7. The molecule has 1 atom stereocenters. The molecule has 1 aliphatic heterocycles. The van der Waals surface area contributed by atoms with Gasteiger partial charge in [-0.3, -0.25) is 14.5 Å². The van der Waals surface area contributed by atoms with Gasteiger partial charge in [0, 0.05) is 17.0 Å². The molecule has 11 heteroatoms. The predicted molar refractivity (Wildman–Crippen MR) is 138 cm³/mol. The van der Waals surface area contributed by atoms with E-state index in [2.05, 4.69) is 9.97 Å². The Morgan fingerprint density at radius 1 is 0.973 bits per heavy atom. The van der Waals surface area contributed by atoms with Crippen LogP contribution in [0.5, 0.6) is 23.0 Å². The fourth-order valence-corrected chi connectivity index (χ4v) is 5.17. The minimum Gasteiger partial charge on any atom is -0.507 e. The van der Waals surface area contributed by atoms with Gasteiger partial charge in [0.2, 0.25) is 5.95 Å². The maximum atomic E-state index is 13.4. The van der Waals surface area contributed by atoms with E-state index >= 15 is 0 Å². The second-order valence-electron chi connectivity index (χ2n) is 8.04. The number of hydrogen-bond donors (Lipinski definition) is 2. The maximum absolute atomic E-state index is 13.4. The fourth-order valence-electron chi connectivity index (χ4n) is 4.35. The number of aromatic amines is 1. The van der Waals surface area contributed by atoms with E-state index in [-0.39, 0.29) is 22.8 Å². The summed E-state index contributed by atoms with van der Waals surface area (Å²) in [6.45, 7) is 0. The van der Waals surface area contributed by atoms with Crippen LogP contribution in [0.25, 0.3) is 16.8 Å². The third kappa shape index (κ3) is 3.93. The van der Waals surface area contributed by atoms with Crippen molar-refractivity contribution in [1.82, 2.24) is 9.97 Å². The summed E-state index contributed by atoms with van der Waals surface area (Å²) >= 11 is 1.35. The van der Waals surface area contributed by atoms with Crippen molar-refractivity contribution in [3.8, 4) is 23.0 Å². The Labute approximate surface area is 215 Å². The van der Waals surface area contributed by atoms with Gasteiger partial charge in [-0.25, -0.2) is 4.98 Å². The number of fused-ring (bicyclic) bond motifs is 1. The number of amides is 1. The zero-order chi connectivity index (χ0) is 26.3. The molecule has 1 saturated heterocycles. The number of H-pyrrole nitrogens is 1. The highest BCUT2D eigenvalue weighted by Gasteiger charge is 2.49. The molecular formula is C26H23N3O7S. The topological polar surface area (TPSA) is 123 Å². The van der Waals surface area contributed by atoms with E-state index in [0.717, 1.165) is 0 Å². The number of aliphatic hydroxyl groups excluding tert-OH is 1. The molecule has 0 saturated carbocycles. The molecule has 190 valence electrons. The molecule has 0 spiro atoms. The van der Waals surface area contributed by atoms with Gasteiger partial charge in [0.25, 0.3) is 5.78 Å². The van der Waals surface area contributed by atoms with Crippen LogP contribution in [-0.4, -0.2) is 55.2 Å². The van der Waals surface area contributed by atoms with Gasteiger partial charge in [-0.05, 0) is 29.6 Å². The first-order valence-corrected chi connectivity index (χ1v) is 12.0. The number of anilines is 1. The lowest BCUT2D eigenvalue weighted by Gasteiger charge is -2.21. The molecule has 1 amide bonds. The predicted octanol–water partition coefficient (Wildman–Crippen LogP) is 4.29. The molecule has 2 aromatic heterocycles. The van der Waals surface area contributed by atoms with Crippen molar-refractivity contribution in [1.29, 1.82) is 0 Å². The van der Waals surface area contributed by atoms with Crippen LogP contribution in [0.4, 0.5) is 5.95 Å². The first-order valence-electron chi connectivity index (χ1n) is 11.1. The van der Waals surface area contributed by atoms with Crippen LogP contribution in [0.1, 0.15) is 16.5 Å². The van der Waals surface area contributed by atoms with Gasteiger partial charge in [-0.1, -0.05) is 6.07 Å². The van der Waals surface area contributed by atoms with Crippen molar-refractivity contribution < 1.29 is 33.6 Å². The second-order valence-corrected chi connectivity index (χ2v) is 9.01. The van der Waals surface area contributed by atoms with E-state index in [1.807, 2.05) is 5.38 Å². The molecular weight excluding hydrogens is 498 g/mol. The van der Waals surface area contributed by atoms with E-state index in [9.17, 15) is 14.7 Å². The number of ether oxygens (including phenoxy) is 4. The van der Waals surface area contributed by atoms with Crippen molar-refractivity contribution in [3.63, 3.8) is 0 Å². The number of carbonyl (C=O) groups is 2. The number of hydrogen-bond acceptors (Lipinski definition) is 9. The fraction of sp³-hybridized carbons (Fsp3) is 0.192. The molecule has 2 aromatic carbocycles. The Hall–Kier alpha value is -4.51. The summed E-state index contributed by atoms with van der Waals surface area (Å²) in [5.74, 6) is -0.211. The van der Waals surface area contributed by atoms with Crippen molar-refractivity contribution in [2.24, 2.45) is 0 Å². The van der Waals surface area contributed by atoms with Crippen molar-refractivity contribution in [3.05, 3.63) is 63.9 Å². The summed E-state index contributed by atoms with van der Waals surface area (Å²) in [7, 11) is 5.97. The Morgan fingerprint density at radius 3 is 2.35 bits per heavy atom. The summed E-state index contributed by atoms with van der Waals surface area (Å²) in [6, 6.07) is 10.9. The standard InChI is InChI=1S/C26H23N3O7S/c1-33-13-7-8-17(34-2)14(10-13)23(30)21-22(20-6-5-9-37-20)29(25(32)24(21)31)26-27-15-11-18(35-3)19(36-4)12-16(15)28-26/h5-12,22,30H,1-4H3,(H,27,28)/b23-21+. The summed E-state index contributed by atoms with van der Waals surface area (Å²) in [6.07, 6.45) is 0. The van der Waals surface area contributed by atoms with E-state index in [0.29, 0.717) is 38.9 Å². The molecule has 10 nitrogen and oxygen atoms in total. The molecule has 0 radical (unpaired) electrons. The van der Waals surface area contributed by atoms with Crippen LogP contribution in [-0.2, 0) is 9.59 Å². The Morgan fingerprint density at radius 2 is 1.70 bits per heavy atom. The van der Waals surface area contributed by atoms with Crippen LogP contribution in [0.15, 0.2) is 53.4 Å². The number of aromatic nitrogens is 2. The van der Waals surface area contributed by atoms with Gasteiger partial charge in [0.1, 0.15) is 23.3 Å². The third-order valence-electron chi connectivity index (χ3n) is 6.12. The minimum absolute atomic E-state index is 0.0883. The molecule has 2 N–H and O–H groups in total. The van der Waals surface area contributed by atoms with E-state index in [4.69, 9.17) is 18.9 Å². The average Bonchev–Trinajstić information content (AvgIpc) is 3.65. The quantitative estimate of drug-likeness (QED) is 0.210. The number of carbonyl (C=O) groups excluding carboxylic acids is 2. The molecule has 0 bridgehead atoms. The lowest BCUT2D eigenvalue weighted by Crippen LogP contribution is -2.30. The Bertz CT molecular complexity index is 1500. The van der Waals surface area contributed by atoms with Crippen molar-refractivity contribution in [2.75, 3.05) is 33.3 Å². The number of nitrogens with one attached hydrogen (secondary N) is 1. The van der Waals surface area contributed by atoms with Crippen LogP contribution in [0.2, 0.25) is 0 Å². The molecule has 1 unspecified atom stereocenters. The highest BCUT2D eigenvalue weighted by Crippen LogP contribution is 2.45. The first-order chi connectivity index (χ1) is 17.9. The maximum Gasteiger partial charge on any atom is 0.302 e. The van der Waals surface area contributed by atoms with Crippen LogP contribution < -0.4 is 23.8 Å². The first kappa shape index (κ1) is 24.2. The van der Waals surface area contributed by atoms with Gasteiger partial charge >= 0.3 is 5.91 Å². The van der Waals surface area contributed by atoms with E-state index < -0.39 is 17.7 Å². The lowest BCUT2D eigenvalue weighted by atomic mass is 9.99. The molecule has 1 aliphatic rings. The van der Waals surface area contributed by atoms with Crippen molar-refractivity contribution >= 4 is 45.8 Å². The minimum atomic E-state index is -0.930. The van der Waals surface area contributed by atoms with Gasteiger partial charge in [-0.2, -0.15) is 0 Å². The number of methoxy groups -OCH3 is 4.